The summed E-state index contributed by atoms with van der Waals surface area (Å²) in [7, 11) is 0. The van der Waals surface area contributed by atoms with Crippen molar-refractivity contribution in [1.82, 2.24) is 0 Å². The third kappa shape index (κ3) is 3.41. The Kier molecular flexibility index (Phi) is 3.69. The smallest absolute Gasteiger partial charge is 0.0639 e. The third-order valence-corrected chi connectivity index (χ3v) is 2.19. The fourth-order valence-electron chi connectivity index (χ4n) is 0.982. The number of nitrogens with zero attached hydrogens (tertiary/aromatic N) is 1. The molecule has 0 N–H and O–H groups in total. The van der Waals surface area contributed by atoms with Gasteiger partial charge in [0.1, 0.15) is 0 Å². The average molecular weight is 175 g/mol. The number of rotatable bonds is 3. The second-order valence-corrected chi connectivity index (χ2v) is 3.60. The summed E-state index contributed by atoms with van der Waals surface area (Å²) in [5.41, 5.74) is 2.51. The second-order valence-electron chi connectivity index (χ2n) is 3.60. The molecule has 1 nitrogen and oxygen atoms in total. The molecule has 0 bridgehead atoms. The highest BCUT2D eigenvalue weighted by atomic mass is 14.7. The lowest BCUT2D eigenvalue weighted by atomic mass is 10.1. The molecule has 0 fully saturated rings. The van der Waals surface area contributed by atoms with Crippen LogP contribution in [0.25, 0.3) is 0 Å². The van der Waals surface area contributed by atoms with E-state index in [-0.39, 0.29) is 0 Å². The minimum Gasteiger partial charge on any atom is -0.289 e. The highest BCUT2D eigenvalue weighted by Gasteiger charge is 1.96. The molecule has 1 aromatic carbocycles. The SMILES string of the molecule is C/C(=N\Cc1ccccc1)C(C)C. The Labute approximate surface area is 80.5 Å². The summed E-state index contributed by atoms with van der Waals surface area (Å²) in [6.45, 7) is 7.24. The molecule has 0 aliphatic heterocycles. The van der Waals surface area contributed by atoms with Crippen LogP contribution >= 0.6 is 0 Å². The number of hydrogen-bond donors (Lipinski definition) is 0. The molecule has 0 amide bonds. The Balaban J connectivity index is 2.57. The Hall–Kier alpha value is -1.11. The van der Waals surface area contributed by atoms with Crippen molar-refractivity contribution in [2.45, 2.75) is 27.3 Å². The van der Waals surface area contributed by atoms with Gasteiger partial charge in [0.15, 0.2) is 0 Å². The molecule has 0 spiro atoms. The van der Waals surface area contributed by atoms with E-state index in [1.807, 2.05) is 6.07 Å². The van der Waals surface area contributed by atoms with E-state index in [4.69, 9.17) is 0 Å². The van der Waals surface area contributed by atoms with Crippen molar-refractivity contribution in [1.29, 1.82) is 0 Å². The van der Waals surface area contributed by atoms with E-state index in [2.05, 4.69) is 50.0 Å². The third-order valence-electron chi connectivity index (χ3n) is 2.19. The summed E-state index contributed by atoms with van der Waals surface area (Å²) in [6.07, 6.45) is 0. The monoisotopic (exact) mass is 175 g/mol. The predicted octanol–water partition coefficient (Wildman–Crippen LogP) is 3.30. The Morgan fingerprint density at radius 3 is 2.38 bits per heavy atom. The lowest BCUT2D eigenvalue weighted by Crippen LogP contribution is -2.02. The van der Waals surface area contributed by atoms with Crippen molar-refractivity contribution in [3.8, 4) is 0 Å². The molecule has 1 rings (SSSR count). The van der Waals surface area contributed by atoms with E-state index in [0.29, 0.717) is 5.92 Å². The van der Waals surface area contributed by atoms with Gasteiger partial charge in [-0.1, -0.05) is 44.2 Å². The van der Waals surface area contributed by atoms with Gasteiger partial charge in [-0.25, -0.2) is 0 Å². The molecule has 0 radical (unpaired) electrons. The first-order chi connectivity index (χ1) is 6.20. The van der Waals surface area contributed by atoms with E-state index >= 15 is 0 Å². The first kappa shape index (κ1) is 9.97. The summed E-state index contributed by atoms with van der Waals surface area (Å²) in [6, 6.07) is 10.3. The van der Waals surface area contributed by atoms with Crippen LogP contribution in [-0.2, 0) is 6.54 Å². The number of benzene rings is 1. The number of hydrogen-bond acceptors (Lipinski definition) is 1. The Morgan fingerprint density at radius 1 is 1.23 bits per heavy atom. The van der Waals surface area contributed by atoms with E-state index in [9.17, 15) is 0 Å². The van der Waals surface area contributed by atoms with Crippen LogP contribution in [0.15, 0.2) is 35.3 Å². The largest absolute Gasteiger partial charge is 0.289 e. The molecule has 13 heavy (non-hydrogen) atoms. The summed E-state index contributed by atoms with van der Waals surface area (Å²) < 4.78 is 0. The number of aliphatic imine (C=N–C) groups is 1. The van der Waals surface area contributed by atoms with Crippen molar-refractivity contribution < 1.29 is 0 Å². The Morgan fingerprint density at radius 2 is 1.85 bits per heavy atom. The quantitative estimate of drug-likeness (QED) is 0.625. The van der Waals surface area contributed by atoms with Crippen LogP contribution in [-0.4, -0.2) is 5.71 Å². The highest BCUT2D eigenvalue weighted by Crippen LogP contribution is 2.03. The van der Waals surface area contributed by atoms with Crippen LogP contribution < -0.4 is 0 Å². The molecule has 0 aromatic heterocycles. The van der Waals surface area contributed by atoms with Gasteiger partial charge in [0, 0.05) is 5.71 Å². The van der Waals surface area contributed by atoms with Gasteiger partial charge in [0.2, 0.25) is 0 Å². The predicted molar refractivity (Wildman–Crippen MR) is 58.1 cm³/mol. The first-order valence-corrected chi connectivity index (χ1v) is 4.75. The van der Waals surface area contributed by atoms with E-state index in [1.54, 1.807) is 0 Å². The summed E-state index contributed by atoms with van der Waals surface area (Å²) in [5.74, 6) is 0.559. The van der Waals surface area contributed by atoms with Gasteiger partial charge in [0.05, 0.1) is 6.54 Å². The molecular weight excluding hydrogens is 158 g/mol. The normalized spacial score (nSPS) is 12.2. The minimum atomic E-state index is 0.559. The zero-order valence-corrected chi connectivity index (χ0v) is 8.62. The van der Waals surface area contributed by atoms with Crippen LogP contribution in [0.5, 0.6) is 0 Å². The van der Waals surface area contributed by atoms with Crippen LogP contribution in [0, 0.1) is 5.92 Å². The van der Waals surface area contributed by atoms with Crippen LogP contribution in [0.4, 0.5) is 0 Å². The van der Waals surface area contributed by atoms with Crippen molar-refractivity contribution >= 4 is 5.71 Å². The molecule has 0 aliphatic rings. The molecule has 1 aromatic rings. The molecular formula is C12H17N. The van der Waals surface area contributed by atoms with Gasteiger partial charge in [-0.05, 0) is 18.4 Å². The average Bonchev–Trinajstić information content (AvgIpc) is 2.15. The van der Waals surface area contributed by atoms with Gasteiger partial charge in [-0.3, -0.25) is 4.99 Å². The second kappa shape index (κ2) is 4.80. The lowest BCUT2D eigenvalue weighted by molar-refractivity contribution is 0.861. The van der Waals surface area contributed by atoms with Crippen molar-refractivity contribution in [3.05, 3.63) is 35.9 Å². The lowest BCUT2D eigenvalue weighted by Gasteiger charge is -2.03. The van der Waals surface area contributed by atoms with E-state index < -0.39 is 0 Å². The molecule has 0 unspecified atom stereocenters. The van der Waals surface area contributed by atoms with Crippen LogP contribution in [0.2, 0.25) is 0 Å². The fourth-order valence-corrected chi connectivity index (χ4v) is 0.982. The maximum Gasteiger partial charge on any atom is 0.0639 e. The maximum absolute atomic E-state index is 4.51. The first-order valence-electron chi connectivity index (χ1n) is 4.75. The molecule has 0 saturated carbocycles. The standard InChI is InChI=1S/C12H17N/c1-10(2)11(3)13-9-12-7-5-4-6-8-12/h4-8,10H,9H2,1-3H3/b13-11+. The Bertz CT molecular complexity index is 272. The van der Waals surface area contributed by atoms with E-state index in [1.165, 1.54) is 11.3 Å². The molecule has 70 valence electrons. The van der Waals surface area contributed by atoms with Crippen LogP contribution in [0.1, 0.15) is 26.3 Å². The molecule has 1 heteroatoms. The topological polar surface area (TPSA) is 12.4 Å². The molecule has 0 atom stereocenters. The van der Waals surface area contributed by atoms with Gasteiger partial charge in [-0.2, -0.15) is 0 Å². The highest BCUT2D eigenvalue weighted by molar-refractivity contribution is 5.83. The molecule has 0 heterocycles. The van der Waals surface area contributed by atoms with E-state index in [0.717, 1.165) is 6.54 Å². The van der Waals surface area contributed by atoms with Crippen molar-refractivity contribution in [2.75, 3.05) is 0 Å². The zero-order valence-electron chi connectivity index (χ0n) is 8.62. The molecule has 0 saturated heterocycles. The summed E-state index contributed by atoms with van der Waals surface area (Å²) in [4.78, 5) is 4.51. The summed E-state index contributed by atoms with van der Waals surface area (Å²) >= 11 is 0. The maximum atomic E-state index is 4.51. The summed E-state index contributed by atoms with van der Waals surface area (Å²) in [5, 5.41) is 0. The van der Waals surface area contributed by atoms with Gasteiger partial charge < -0.3 is 0 Å². The van der Waals surface area contributed by atoms with Gasteiger partial charge in [-0.15, -0.1) is 0 Å². The molecule has 0 aliphatic carbocycles. The minimum absolute atomic E-state index is 0.559. The van der Waals surface area contributed by atoms with Gasteiger partial charge in [0.25, 0.3) is 0 Å². The van der Waals surface area contributed by atoms with Crippen LogP contribution in [0.3, 0.4) is 0 Å². The van der Waals surface area contributed by atoms with Gasteiger partial charge >= 0.3 is 0 Å². The zero-order chi connectivity index (χ0) is 9.68. The van der Waals surface area contributed by atoms with Crippen molar-refractivity contribution in [2.24, 2.45) is 10.9 Å². The fraction of sp³-hybridized carbons (Fsp3) is 0.417. The van der Waals surface area contributed by atoms with Crippen molar-refractivity contribution in [3.63, 3.8) is 0 Å².